The molecule has 3 heteroatoms. The summed E-state index contributed by atoms with van der Waals surface area (Å²) >= 11 is 0. The lowest BCUT2D eigenvalue weighted by molar-refractivity contribution is 0.405. The molecule has 0 bridgehead atoms. The van der Waals surface area contributed by atoms with Crippen LogP contribution in [-0.4, -0.2) is 26.4 Å². The Morgan fingerprint density at radius 1 is 1.22 bits per heavy atom. The molecule has 18 heavy (non-hydrogen) atoms. The van der Waals surface area contributed by atoms with E-state index < -0.39 is 0 Å². The maximum atomic E-state index is 11.9. The summed E-state index contributed by atoms with van der Waals surface area (Å²) in [6.45, 7) is 2.93. The second-order valence-electron chi connectivity index (χ2n) is 4.62. The van der Waals surface area contributed by atoms with Crippen molar-refractivity contribution in [3.63, 3.8) is 0 Å². The van der Waals surface area contributed by atoms with Crippen LogP contribution in [0, 0.1) is 0 Å². The Bertz CT molecular complexity index is 330. The van der Waals surface area contributed by atoms with Crippen molar-refractivity contribution in [3.8, 4) is 5.75 Å². The van der Waals surface area contributed by atoms with Gasteiger partial charge in [-0.3, -0.25) is 4.39 Å². The summed E-state index contributed by atoms with van der Waals surface area (Å²) in [6, 6.07) is 8.51. The first-order chi connectivity index (χ1) is 8.77. The molecule has 1 unspecified atom stereocenters. The van der Waals surface area contributed by atoms with Crippen molar-refractivity contribution >= 4 is 0 Å². The number of hydrogen-bond donors (Lipinski definition) is 1. The number of halogens is 1. The predicted octanol–water partition coefficient (Wildman–Crippen LogP) is 3.36. The van der Waals surface area contributed by atoms with Gasteiger partial charge in [-0.2, -0.15) is 0 Å². The molecule has 1 atom stereocenters. The van der Waals surface area contributed by atoms with E-state index in [4.69, 9.17) is 4.74 Å². The van der Waals surface area contributed by atoms with E-state index in [0.717, 1.165) is 31.6 Å². The van der Waals surface area contributed by atoms with Crippen molar-refractivity contribution < 1.29 is 9.13 Å². The molecule has 0 aromatic heterocycles. The van der Waals surface area contributed by atoms with E-state index in [9.17, 15) is 4.39 Å². The van der Waals surface area contributed by atoms with Crippen molar-refractivity contribution in [1.82, 2.24) is 5.32 Å². The van der Waals surface area contributed by atoms with Gasteiger partial charge >= 0.3 is 0 Å². The van der Waals surface area contributed by atoms with Gasteiger partial charge in [-0.1, -0.05) is 18.2 Å². The lowest BCUT2D eigenvalue weighted by atomic mass is 10.1. The molecular formula is C15H24FNO. The Morgan fingerprint density at radius 3 is 2.72 bits per heavy atom. The number of hydrogen-bond acceptors (Lipinski definition) is 2. The van der Waals surface area contributed by atoms with E-state index >= 15 is 0 Å². The fourth-order valence-electron chi connectivity index (χ4n) is 2.02. The third-order valence-corrected chi connectivity index (χ3v) is 3.02. The summed E-state index contributed by atoms with van der Waals surface area (Å²) in [5.41, 5.74) is 1.23. The van der Waals surface area contributed by atoms with Gasteiger partial charge in [0.25, 0.3) is 0 Å². The highest BCUT2D eigenvalue weighted by Crippen LogP contribution is 2.18. The molecule has 0 saturated heterocycles. The zero-order valence-corrected chi connectivity index (χ0v) is 11.4. The van der Waals surface area contributed by atoms with E-state index in [1.54, 1.807) is 7.11 Å². The van der Waals surface area contributed by atoms with Gasteiger partial charge in [-0.25, -0.2) is 0 Å². The van der Waals surface area contributed by atoms with Gasteiger partial charge in [0.15, 0.2) is 0 Å². The van der Waals surface area contributed by atoms with Crippen LogP contribution >= 0.6 is 0 Å². The molecule has 0 radical (unpaired) electrons. The maximum absolute atomic E-state index is 11.9. The molecule has 1 N–H and O–H groups in total. The quantitative estimate of drug-likeness (QED) is 0.681. The van der Waals surface area contributed by atoms with Crippen molar-refractivity contribution in [2.24, 2.45) is 0 Å². The van der Waals surface area contributed by atoms with Gasteiger partial charge < -0.3 is 10.1 Å². The minimum Gasteiger partial charge on any atom is -0.496 e. The molecule has 1 rings (SSSR count). The van der Waals surface area contributed by atoms with Crippen LogP contribution in [0.25, 0.3) is 0 Å². The van der Waals surface area contributed by atoms with E-state index in [0.29, 0.717) is 12.5 Å². The van der Waals surface area contributed by atoms with Crippen molar-refractivity contribution in [1.29, 1.82) is 0 Å². The molecule has 0 fully saturated rings. The van der Waals surface area contributed by atoms with E-state index in [2.05, 4.69) is 18.3 Å². The van der Waals surface area contributed by atoms with Crippen LogP contribution < -0.4 is 10.1 Å². The average molecular weight is 253 g/mol. The maximum Gasteiger partial charge on any atom is 0.122 e. The summed E-state index contributed by atoms with van der Waals surface area (Å²) in [7, 11) is 1.70. The lowest BCUT2D eigenvalue weighted by Gasteiger charge is -2.15. The number of nitrogens with one attached hydrogen (secondary N) is 1. The predicted molar refractivity (Wildman–Crippen MR) is 74.0 cm³/mol. The molecular weight excluding hydrogens is 229 g/mol. The fourth-order valence-corrected chi connectivity index (χ4v) is 2.02. The second-order valence-corrected chi connectivity index (χ2v) is 4.62. The molecule has 0 aliphatic rings. The summed E-state index contributed by atoms with van der Waals surface area (Å²) in [4.78, 5) is 0. The Kier molecular flexibility index (Phi) is 7.42. The van der Waals surface area contributed by atoms with E-state index in [-0.39, 0.29) is 6.67 Å². The molecule has 102 valence electrons. The third kappa shape index (κ3) is 5.50. The van der Waals surface area contributed by atoms with Crippen LogP contribution in [0.2, 0.25) is 0 Å². The number of rotatable bonds is 9. The van der Waals surface area contributed by atoms with Crippen LogP contribution in [0.15, 0.2) is 24.3 Å². The first kappa shape index (κ1) is 15.0. The zero-order chi connectivity index (χ0) is 13.2. The highest BCUT2D eigenvalue weighted by Gasteiger charge is 2.06. The number of para-hydroxylation sites is 1. The van der Waals surface area contributed by atoms with Gasteiger partial charge in [0, 0.05) is 6.04 Å². The molecule has 1 aromatic carbocycles. The van der Waals surface area contributed by atoms with Gasteiger partial charge in [-0.05, 0) is 50.8 Å². The number of alkyl halides is 1. The molecule has 0 amide bonds. The van der Waals surface area contributed by atoms with Crippen LogP contribution in [0.3, 0.4) is 0 Å². The third-order valence-electron chi connectivity index (χ3n) is 3.02. The normalized spacial score (nSPS) is 12.4. The van der Waals surface area contributed by atoms with Crippen LogP contribution in [0.4, 0.5) is 4.39 Å². The average Bonchev–Trinajstić information content (AvgIpc) is 2.39. The van der Waals surface area contributed by atoms with Crippen LogP contribution in [0.1, 0.15) is 31.7 Å². The number of ether oxygens (including phenoxy) is 1. The summed E-state index contributed by atoms with van der Waals surface area (Å²) in [5, 5.41) is 3.46. The van der Waals surface area contributed by atoms with E-state index in [1.165, 1.54) is 5.56 Å². The number of methoxy groups -OCH3 is 1. The van der Waals surface area contributed by atoms with Crippen molar-refractivity contribution in [3.05, 3.63) is 29.8 Å². The molecule has 0 aliphatic heterocycles. The molecule has 0 saturated carbocycles. The smallest absolute Gasteiger partial charge is 0.122 e. The Morgan fingerprint density at radius 2 is 2.00 bits per heavy atom. The Balaban J connectivity index is 2.28. The number of unbranched alkanes of at least 4 members (excludes halogenated alkanes) is 2. The van der Waals surface area contributed by atoms with Crippen molar-refractivity contribution in [2.75, 3.05) is 20.3 Å². The Labute approximate surface area is 110 Å². The number of benzene rings is 1. The standard InChI is InChI=1S/C15H24FNO/c1-13(17-11-7-3-6-10-16)12-14-8-4-5-9-15(14)18-2/h4-5,8-9,13,17H,3,6-7,10-12H2,1-2H3. The Hall–Kier alpha value is -1.09. The van der Waals surface area contributed by atoms with Crippen LogP contribution in [-0.2, 0) is 6.42 Å². The molecule has 2 nitrogen and oxygen atoms in total. The van der Waals surface area contributed by atoms with Gasteiger partial charge in [0.1, 0.15) is 5.75 Å². The lowest BCUT2D eigenvalue weighted by Crippen LogP contribution is -2.29. The zero-order valence-electron chi connectivity index (χ0n) is 11.4. The molecule has 0 aliphatic carbocycles. The summed E-state index contributed by atoms with van der Waals surface area (Å²) in [6.07, 6.45) is 3.64. The second kappa shape index (κ2) is 8.92. The fraction of sp³-hybridized carbons (Fsp3) is 0.600. The van der Waals surface area contributed by atoms with Gasteiger partial charge in [0.05, 0.1) is 13.8 Å². The largest absolute Gasteiger partial charge is 0.496 e. The molecule has 1 aromatic rings. The van der Waals surface area contributed by atoms with Crippen molar-refractivity contribution in [2.45, 2.75) is 38.6 Å². The highest BCUT2D eigenvalue weighted by molar-refractivity contribution is 5.33. The first-order valence-corrected chi connectivity index (χ1v) is 6.69. The van der Waals surface area contributed by atoms with E-state index in [1.807, 2.05) is 18.2 Å². The highest BCUT2D eigenvalue weighted by atomic mass is 19.1. The molecule has 0 spiro atoms. The summed E-state index contributed by atoms with van der Waals surface area (Å²) < 4.78 is 17.2. The minimum atomic E-state index is -0.198. The molecule has 0 heterocycles. The van der Waals surface area contributed by atoms with Gasteiger partial charge in [-0.15, -0.1) is 0 Å². The topological polar surface area (TPSA) is 21.3 Å². The first-order valence-electron chi connectivity index (χ1n) is 6.69. The SMILES string of the molecule is COc1ccccc1CC(C)NCCCCCF. The van der Waals surface area contributed by atoms with Gasteiger partial charge in [0.2, 0.25) is 0 Å². The minimum absolute atomic E-state index is 0.198. The summed E-state index contributed by atoms with van der Waals surface area (Å²) in [5.74, 6) is 0.948. The monoisotopic (exact) mass is 253 g/mol. The van der Waals surface area contributed by atoms with Crippen LogP contribution in [0.5, 0.6) is 5.75 Å².